The number of hydrogen-bond donors (Lipinski definition) is 0. The van der Waals surface area contributed by atoms with Crippen LogP contribution in [0.5, 0.6) is 5.75 Å². The van der Waals surface area contributed by atoms with Gasteiger partial charge in [0.1, 0.15) is 5.75 Å². The molecule has 0 spiro atoms. The van der Waals surface area contributed by atoms with E-state index in [2.05, 4.69) is 23.1 Å². The van der Waals surface area contributed by atoms with E-state index in [0.29, 0.717) is 11.3 Å². The van der Waals surface area contributed by atoms with Gasteiger partial charge in [0, 0.05) is 5.56 Å². The van der Waals surface area contributed by atoms with Crippen molar-refractivity contribution < 1.29 is 36.1 Å². The van der Waals surface area contributed by atoms with Gasteiger partial charge in [-0.05, 0) is 42.4 Å². The number of hydrogen-bond acceptors (Lipinski definition) is 6. The number of carbonyl (C=O) groups excluding carboxylic acids is 1. The molecule has 1 fully saturated rings. The van der Waals surface area contributed by atoms with Crippen LogP contribution in [0.1, 0.15) is 54.9 Å². The highest BCUT2D eigenvalue weighted by atomic mass is 32.2. The van der Waals surface area contributed by atoms with Gasteiger partial charge in [-0.15, -0.1) is 22.4 Å². The van der Waals surface area contributed by atoms with Crippen molar-refractivity contribution in [3.8, 4) is 5.75 Å². The Bertz CT molecular complexity index is 618. The quantitative estimate of drug-likeness (QED) is 0.223. The van der Waals surface area contributed by atoms with Gasteiger partial charge in [-0.25, -0.2) is 4.79 Å². The summed E-state index contributed by atoms with van der Waals surface area (Å²) in [6.45, 7) is 4.21. The zero-order valence-corrected chi connectivity index (χ0v) is 14.8. The van der Waals surface area contributed by atoms with E-state index in [1.54, 1.807) is 6.07 Å². The molecule has 1 aromatic rings. The van der Waals surface area contributed by atoms with E-state index < -0.39 is 12.3 Å². The molecule has 25 heavy (non-hydrogen) atoms. The molecule has 0 aromatic heterocycles. The van der Waals surface area contributed by atoms with Gasteiger partial charge in [0.25, 0.3) is 12.3 Å². The van der Waals surface area contributed by atoms with Gasteiger partial charge in [0.15, 0.2) is 0 Å². The SMILES string of the molecule is COC(=O)c1ccc(OSOOC(F)(F)F)c([C@H]2CCCC2(C)C)c1. The van der Waals surface area contributed by atoms with Crippen LogP contribution in [0.15, 0.2) is 18.2 Å². The van der Waals surface area contributed by atoms with Crippen molar-refractivity contribution in [2.75, 3.05) is 7.11 Å². The van der Waals surface area contributed by atoms with Crippen LogP contribution in [0.4, 0.5) is 13.2 Å². The first-order valence-electron chi connectivity index (χ1n) is 7.62. The third kappa shape index (κ3) is 5.26. The van der Waals surface area contributed by atoms with Gasteiger partial charge in [-0.1, -0.05) is 20.3 Å². The fraction of sp³-hybridized carbons (Fsp3) is 0.562. The Morgan fingerprint density at radius 1 is 1.32 bits per heavy atom. The highest BCUT2D eigenvalue weighted by molar-refractivity contribution is 7.90. The molecule has 1 saturated carbocycles. The maximum absolute atomic E-state index is 11.9. The molecule has 140 valence electrons. The Morgan fingerprint density at radius 3 is 2.60 bits per heavy atom. The molecule has 0 unspecified atom stereocenters. The van der Waals surface area contributed by atoms with Gasteiger partial charge < -0.3 is 8.92 Å². The number of carbonyl (C=O) groups is 1. The van der Waals surface area contributed by atoms with Crippen molar-refractivity contribution >= 4 is 18.3 Å². The van der Waals surface area contributed by atoms with Crippen LogP contribution in [0, 0.1) is 5.41 Å². The van der Waals surface area contributed by atoms with Gasteiger partial charge >= 0.3 is 12.3 Å². The molecule has 0 N–H and O–H groups in total. The summed E-state index contributed by atoms with van der Waals surface area (Å²) in [6, 6.07) is 4.65. The molecule has 0 amide bonds. The first-order valence-corrected chi connectivity index (χ1v) is 8.29. The van der Waals surface area contributed by atoms with Crippen LogP contribution in [-0.2, 0) is 14.0 Å². The van der Waals surface area contributed by atoms with E-state index in [0.717, 1.165) is 24.8 Å². The number of benzene rings is 1. The third-order valence-electron chi connectivity index (χ3n) is 4.34. The van der Waals surface area contributed by atoms with Crippen LogP contribution < -0.4 is 4.18 Å². The van der Waals surface area contributed by atoms with Crippen molar-refractivity contribution in [2.24, 2.45) is 5.41 Å². The first kappa shape index (κ1) is 19.9. The van der Waals surface area contributed by atoms with E-state index in [4.69, 9.17) is 8.92 Å². The number of esters is 1. The largest absolute Gasteiger partial charge is 0.550 e. The Morgan fingerprint density at radius 2 is 2.04 bits per heavy atom. The molecule has 0 heterocycles. The molecule has 5 nitrogen and oxygen atoms in total. The minimum atomic E-state index is -4.92. The van der Waals surface area contributed by atoms with E-state index in [9.17, 15) is 18.0 Å². The number of halogens is 3. The number of ether oxygens (including phenoxy) is 1. The predicted octanol–water partition coefficient (Wildman–Crippen LogP) is 5.18. The fourth-order valence-corrected chi connectivity index (χ4v) is 3.51. The Kier molecular flexibility index (Phi) is 6.23. The molecular weight excluding hydrogens is 361 g/mol. The van der Waals surface area contributed by atoms with Crippen LogP contribution in [0.3, 0.4) is 0 Å². The average molecular weight is 380 g/mol. The highest BCUT2D eigenvalue weighted by Gasteiger charge is 2.37. The minimum absolute atomic E-state index is 0.0269. The summed E-state index contributed by atoms with van der Waals surface area (Å²) < 4.78 is 49.7. The van der Waals surface area contributed by atoms with Crippen LogP contribution in [0.25, 0.3) is 0 Å². The fourth-order valence-electron chi connectivity index (χ4n) is 3.15. The number of rotatable bonds is 6. The average Bonchev–Trinajstić information content (AvgIpc) is 2.89. The lowest BCUT2D eigenvalue weighted by molar-refractivity contribution is -0.441. The first-order chi connectivity index (χ1) is 11.6. The molecule has 9 heteroatoms. The lowest BCUT2D eigenvalue weighted by Crippen LogP contribution is -2.17. The van der Waals surface area contributed by atoms with Crippen molar-refractivity contribution in [3.05, 3.63) is 29.3 Å². The van der Waals surface area contributed by atoms with E-state index >= 15 is 0 Å². The van der Waals surface area contributed by atoms with Crippen LogP contribution in [0.2, 0.25) is 0 Å². The molecule has 0 saturated heterocycles. The lowest BCUT2D eigenvalue weighted by Gasteiger charge is -2.28. The third-order valence-corrected chi connectivity index (χ3v) is 4.71. The second kappa shape index (κ2) is 7.84. The van der Waals surface area contributed by atoms with E-state index in [1.807, 2.05) is 0 Å². The normalized spacial score (nSPS) is 19.7. The summed E-state index contributed by atoms with van der Waals surface area (Å²) in [7, 11) is 1.28. The predicted molar refractivity (Wildman–Crippen MR) is 84.6 cm³/mol. The van der Waals surface area contributed by atoms with Gasteiger partial charge in [-0.3, -0.25) is 0 Å². The standard InChI is InChI=1S/C16H19F3O5S/c1-15(2)8-4-5-12(15)11-9-10(14(20)21-3)6-7-13(11)22-25-24-23-16(17,18)19/h6-7,9,12H,4-5,8H2,1-3H3/t12-/m1/s1. The highest BCUT2D eigenvalue weighted by Crippen LogP contribution is 2.51. The van der Waals surface area contributed by atoms with Gasteiger partial charge in [0.2, 0.25) is 0 Å². The molecular formula is C16H19F3O5S. The summed E-state index contributed by atoms with van der Waals surface area (Å²) >= 11 is 0.0679. The molecule has 1 aliphatic rings. The van der Waals surface area contributed by atoms with Crippen molar-refractivity contribution in [1.82, 2.24) is 0 Å². The van der Waals surface area contributed by atoms with E-state index in [-0.39, 0.29) is 23.7 Å². The summed E-state index contributed by atoms with van der Waals surface area (Å²) in [6.07, 6.45) is -2.01. The second-order valence-electron chi connectivity index (χ2n) is 6.43. The van der Waals surface area contributed by atoms with Gasteiger partial charge in [0.05, 0.1) is 12.7 Å². The Labute approximate surface area is 148 Å². The maximum Gasteiger partial charge on any atom is 0.550 e. The second-order valence-corrected chi connectivity index (χ2v) is 6.86. The maximum atomic E-state index is 11.9. The molecule has 1 aromatic carbocycles. The summed E-state index contributed by atoms with van der Waals surface area (Å²) in [4.78, 5) is 15.0. The molecule has 0 aliphatic heterocycles. The molecule has 0 bridgehead atoms. The van der Waals surface area contributed by atoms with Gasteiger partial charge in [-0.2, -0.15) is 0 Å². The Balaban J connectivity index is 2.21. The monoisotopic (exact) mass is 380 g/mol. The van der Waals surface area contributed by atoms with Crippen LogP contribution >= 0.6 is 12.3 Å². The zero-order valence-electron chi connectivity index (χ0n) is 14.0. The zero-order chi connectivity index (χ0) is 18.7. The molecule has 0 radical (unpaired) electrons. The van der Waals surface area contributed by atoms with Crippen molar-refractivity contribution in [1.29, 1.82) is 0 Å². The minimum Gasteiger partial charge on any atom is -0.465 e. The molecule has 1 aliphatic carbocycles. The summed E-state index contributed by atoms with van der Waals surface area (Å²) in [5.74, 6) is -0.0763. The number of methoxy groups -OCH3 is 1. The summed E-state index contributed by atoms with van der Waals surface area (Å²) in [5.41, 5.74) is 1.06. The number of alkyl halides is 3. The van der Waals surface area contributed by atoms with E-state index in [1.165, 1.54) is 19.2 Å². The lowest BCUT2D eigenvalue weighted by atomic mass is 9.77. The Hall–Kier alpha value is -1.45. The smallest absolute Gasteiger partial charge is 0.465 e. The molecule has 2 rings (SSSR count). The summed E-state index contributed by atoms with van der Waals surface area (Å²) in [5, 5.41) is 0. The van der Waals surface area contributed by atoms with Crippen LogP contribution in [-0.4, -0.2) is 19.4 Å². The molecule has 1 atom stereocenters. The topological polar surface area (TPSA) is 54.0 Å². The van der Waals surface area contributed by atoms with Crippen molar-refractivity contribution in [3.63, 3.8) is 0 Å². The van der Waals surface area contributed by atoms with Crippen molar-refractivity contribution in [2.45, 2.75) is 45.4 Å².